The van der Waals surface area contributed by atoms with Gasteiger partial charge in [0, 0.05) is 6.42 Å². The van der Waals surface area contributed by atoms with Crippen molar-refractivity contribution in [3.05, 3.63) is 113 Å². The van der Waals surface area contributed by atoms with E-state index in [0.717, 1.165) is 22.4 Å². The van der Waals surface area contributed by atoms with Crippen LogP contribution in [0.2, 0.25) is 23.4 Å². The van der Waals surface area contributed by atoms with Crippen molar-refractivity contribution in [3.8, 4) is 5.75 Å². The van der Waals surface area contributed by atoms with E-state index in [0.29, 0.717) is 17.6 Å². The molecule has 3 atom stereocenters. The minimum atomic E-state index is -2.22. The lowest BCUT2D eigenvalue weighted by atomic mass is 9.80. The molecular weight excluding hydrogens is 630 g/mol. The number of nitrogens with zero attached hydrogens (tertiary/aromatic N) is 4. The Kier molecular flexibility index (Phi) is 9.16. The van der Waals surface area contributed by atoms with Crippen LogP contribution in [-0.2, 0) is 19.5 Å². The van der Waals surface area contributed by atoms with Crippen molar-refractivity contribution < 1.29 is 18.6 Å². The van der Waals surface area contributed by atoms with Gasteiger partial charge in [0.2, 0.25) is 5.28 Å². The van der Waals surface area contributed by atoms with Crippen molar-refractivity contribution >= 4 is 36.9 Å². The zero-order chi connectivity index (χ0) is 33.4. The highest BCUT2D eigenvalue weighted by Crippen LogP contribution is 2.45. The largest absolute Gasteiger partial charge is 0.497 e. The van der Waals surface area contributed by atoms with E-state index in [1.165, 1.54) is 0 Å². The number of anilines is 1. The number of imidazole rings is 1. The van der Waals surface area contributed by atoms with Crippen LogP contribution >= 0.6 is 11.6 Å². The second-order valence-electron chi connectivity index (χ2n) is 13.5. The van der Waals surface area contributed by atoms with Crippen molar-refractivity contribution in [2.75, 3.05) is 19.5 Å². The number of benzene rings is 3. The lowest BCUT2D eigenvalue weighted by Gasteiger charge is -2.39. The van der Waals surface area contributed by atoms with Gasteiger partial charge < -0.3 is 24.4 Å². The van der Waals surface area contributed by atoms with E-state index < -0.39 is 20.1 Å². The average Bonchev–Trinajstić information content (AvgIpc) is 3.65. The Bertz CT molecular complexity index is 1770. The molecular formula is C36H42ClN5O4Si. The first-order valence-electron chi connectivity index (χ1n) is 15.8. The number of fused-ring (bicyclic) bond motifs is 1. The SMILES string of the molecule is COc1ccc(C(OC[C@H]2C[C@@H](O[Si](C)(C)C(C)(C)C)[C@H](n3cnc4c(N)nc(Cl)nc43)O2)(c2ccccc2)c2ccccc2)cc1. The topological polar surface area (TPSA) is 107 Å². The molecule has 47 heavy (non-hydrogen) atoms. The van der Waals surface area contributed by atoms with E-state index in [2.05, 4.69) is 85.2 Å². The van der Waals surface area contributed by atoms with E-state index in [9.17, 15) is 0 Å². The summed E-state index contributed by atoms with van der Waals surface area (Å²) in [4.78, 5) is 13.1. The van der Waals surface area contributed by atoms with Crippen LogP contribution in [0.5, 0.6) is 5.75 Å². The number of methoxy groups -OCH3 is 1. The summed E-state index contributed by atoms with van der Waals surface area (Å²) in [6.07, 6.45) is 1.15. The Labute approximate surface area is 282 Å². The van der Waals surface area contributed by atoms with Crippen LogP contribution in [0.15, 0.2) is 91.3 Å². The molecule has 0 spiro atoms. The highest BCUT2D eigenvalue weighted by atomic mass is 35.5. The van der Waals surface area contributed by atoms with Gasteiger partial charge in [0.15, 0.2) is 26.0 Å². The molecule has 0 amide bonds. The first-order chi connectivity index (χ1) is 22.4. The van der Waals surface area contributed by atoms with Gasteiger partial charge in [0.25, 0.3) is 0 Å². The molecule has 11 heteroatoms. The molecule has 0 saturated carbocycles. The molecule has 9 nitrogen and oxygen atoms in total. The normalized spacial score (nSPS) is 18.9. The van der Waals surface area contributed by atoms with Crippen LogP contribution in [0.3, 0.4) is 0 Å². The maximum atomic E-state index is 7.18. The monoisotopic (exact) mass is 671 g/mol. The first-order valence-corrected chi connectivity index (χ1v) is 19.1. The van der Waals surface area contributed by atoms with E-state index in [4.69, 9.17) is 36.0 Å². The van der Waals surface area contributed by atoms with Gasteiger partial charge >= 0.3 is 0 Å². The molecule has 2 aromatic heterocycles. The van der Waals surface area contributed by atoms with Crippen molar-refractivity contribution in [1.29, 1.82) is 0 Å². The van der Waals surface area contributed by atoms with Gasteiger partial charge in [-0.3, -0.25) is 4.57 Å². The van der Waals surface area contributed by atoms with Crippen molar-refractivity contribution in [2.24, 2.45) is 0 Å². The summed E-state index contributed by atoms with van der Waals surface area (Å²) in [6.45, 7) is 11.5. The zero-order valence-corrected chi connectivity index (χ0v) is 29.4. The quantitative estimate of drug-likeness (QED) is 0.0912. The third-order valence-corrected chi connectivity index (χ3v) is 14.1. The van der Waals surface area contributed by atoms with Crippen molar-refractivity contribution in [1.82, 2.24) is 19.5 Å². The van der Waals surface area contributed by atoms with E-state index in [-0.39, 0.29) is 35.0 Å². The molecule has 1 aliphatic rings. The number of aromatic nitrogens is 4. The summed E-state index contributed by atoms with van der Waals surface area (Å²) < 4.78 is 28.4. The maximum absolute atomic E-state index is 7.18. The molecule has 0 radical (unpaired) electrons. The predicted octanol–water partition coefficient (Wildman–Crippen LogP) is 7.76. The van der Waals surface area contributed by atoms with Crippen LogP contribution in [0.25, 0.3) is 11.2 Å². The van der Waals surface area contributed by atoms with Crippen LogP contribution in [-0.4, -0.2) is 53.8 Å². The first kappa shape index (κ1) is 33.1. The lowest BCUT2D eigenvalue weighted by molar-refractivity contribution is -0.0841. The Morgan fingerprint density at radius 3 is 2.09 bits per heavy atom. The molecule has 3 heterocycles. The molecule has 246 valence electrons. The van der Waals surface area contributed by atoms with Gasteiger partial charge in [0.05, 0.1) is 32.3 Å². The summed E-state index contributed by atoms with van der Waals surface area (Å²) >= 11 is 6.25. The fraction of sp³-hybridized carbons (Fsp3) is 0.361. The maximum Gasteiger partial charge on any atom is 0.226 e. The van der Waals surface area contributed by atoms with Gasteiger partial charge in [-0.1, -0.05) is 93.6 Å². The summed E-state index contributed by atoms with van der Waals surface area (Å²) in [5.41, 5.74) is 9.18. The molecule has 1 saturated heterocycles. The summed E-state index contributed by atoms with van der Waals surface area (Å²) in [7, 11) is -0.552. The number of hydrogen-bond acceptors (Lipinski definition) is 8. The van der Waals surface area contributed by atoms with Gasteiger partial charge in [-0.05, 0) is 58.6 Å². The second kappa shape index (κ2) is 13.0. The van der Waals surface area contributed by atoms with Crippen LogP contribution < -0.4 is 10.5 Å². The summed E-state index contributed by atoms with van der Waals surface area (Å²) in [6, 6.07) is 28.6. The Morgan fingerprint density at radius 2 is 1.51 bits per heavy atom. The van der Waals surface area contributed by atoms with E-state index >= 15 is 0 Å². The van der Waals surface area contributed by atoms with Crippen molar-refractivity contribution in [2.45, 2.75) is 69.4 Å². The second-order valence-corrected chi connectivity index (χ2v) is 18.6. The van der Waals surface area contributed by atoms with Crippen LogP contribution in [0.1, 0.15) is 50.1 Å². The Balaban J connectivity index is 1.40. The molecule has 5 aromatic rings. The summed E-state index contributed by atoms with van der Waals surface area (Å²) in [5.74, 6) is 0.988. The standard InChI is InChI=1S/C36H42ClN5O4Si/c1-35(2,3)47(5,6)46-29-21-28(45-33(29)42-23-39-30-31(38)40-34(37)41-32(30)42)22-44-36(24-13-9-7-10-14-24,25-15-11-8-12-16-25)26-17-19-27(43-4)20-18-26/h7-20,23,28-29,33H,21-22H2,1-6H3,(H2,38,40,41)/t28-,29-,33-/m1/s1. The molecule has 2 N–H and O–H groups in total. The zero-order valence-electron chi connectivity index (χ0n) is 27.7. The highest BCUT2D eigenvalue weighted by Gasteiger charge is 2.47. The molecule has 0 aliphatic carbocycles. The smallest absolute Gasteiger partial charge is 0.226 e. The van der Waals surface area contributed by atoms with E-state index in [1.807, 2.05) is 53.1 Å². The predicted molar refractivity (Wildman–Crippen MR) is 187 cm³/mol. The van der Waals surface area contributed by atoms with Crippen LogP contribution in [0, 0.1) is 0 Å². The fourth-order valence-corrected chi connectivity index (χ4v) is 7.46. The van der Waals surface area contributed by atoms with Gasteiger partial charge in [0.1, 0.15) is 16.9 Å². The fourth-order valence-electron chi connectivity index (χ4n) is 5.97. The third kappa shape index (κ3) is 6.40. The Morgan fingerprint density at radius 1 is 0.915 bits per heavy atom. The third-order valence-electron chi connectivity index (χ3n) is 9.44. The van der Waals surface area contributed by atoms with Crippen molar-refractivity contribution in [3.63, 3.8) is 0 Å². The van der Waals surface area contributed by atoms with Gasteiger partial charge in [-0.2, -0.15) is 9.97 Å². The molecule has 0 bridgehead atoms. The molecule has 0 unspecified atom stereocenters. The number of hydrogen-bond donors (Lipinski definition) is 1. The van der Waals surface area contributed by atoms with Crippen LogP contribution in [0.4, 0.5) is 5.82 Å². The average molecular weight is 672 g/mol. The lowest BCUT2D eigenvalue weighted by Crippen LogP contribution is -2.45. The van der Waals surface area contributed by atoms with E-state index in [1.54, 1.807) is 13.4 Å². The van der Waals surface area contributed by atoms with Gasteiger partial charge in [-0.15, -0.1) is 0 Å². The molecule has 1 fully saturated rings. The number of ether oxygens (including phenoxy) is 3. The minimum Gasteiger partial charge on any atom is -0.497 e. The molecule has 3 aromatic carbocycles. The summed E-state index contributed by atoms with van der Waals surface area (Å²) in [5, 5.41) is 0.0370. The Hall–Kier alpha value is -3.80. The number of nitrogens with two attached hydrogens (primary N) is 1. The van der Waals surface area contributed by atoms with Gasteiger partial charge in [-0.25, -0.2) is 4.98 Å². The number of halogens is 1. The minimum absolute atomic E-state index is 0.0107. The number of rotatable bonds is 10. The number of nitrogen functional groups attached to an aromatic ring is 1. The molecule has 6 rings (SSSR count). The molecule has 1 aliphatic heterocycles. The highest BCUT2D eigenvalue weighted by molar-refractivity contribution is 6.74.